The number of para-hydroxylation sites is 1. The second-order valence-corrected chi connectivity index (χ2v) is 8.31. The molecule has 0 radical (unpaired) electrons. The Morgan fingerprint density at radius 3 is 2.96 bits per heavy atom. The highest BCUT2D eigenvalue weighted by Gasteiger charge is 2.41. The molecule has 3 aliphatic rings. The van der Waals surface area contributed by atoms with Crippen LogP contribution in [0.2, 0.25) is 0 Å². The highest BCUT2D eigenvalue weighted by Crippen LogP contribution is 2.33. The predicted octanol–water partition coefficient (Wildman–Crippen LogP) is 3.63. The Morgan fingerprint density at radius 1 is 1.22 bits per heavy atom. The van der Waals surface area contributed by atoms with E-state index in [1.165, 1.54) is 10.9 Å². The number of carbonyl (C=O) groups is 1. The van der Waals surface area contributed by atoms with Crippen LogP contribution in [-0.2, 0) is 11.3 Å². The zero-order valence-electron chi connectivity index (χ0n) is 15.3. The van der Waals surface area contributed by atoms with Crippen molar-refractivity contribution in [3.8, 4) is 0 Å². The van der Waals surface area contributed by atoms with E-state index < -0.39 is 0 Å². The highest BCUT2D eigenvalue weighted by molar-refractivity contribution is 7.07. The number of nitrogens with zero attached hydrogens (tertiary/aromatic N) is 4. The van der Waals surface area contributed by atoms with E-state index in [0.29, 0.717) is 6.54 Å². The van der Waals surface area contributed by atoms with Gasteiger partial charge in [-0.3, -0.25) is 4.79 Å². The number of anilines is 1. The number of pyridine rings is 1. The van der Waals surface area contributed by atoms with Crippen LogP contribution in [0.15, 0.2) is 41.2 Å². The highest BCUT2D eigenvalue weighted by atomic mass is 32.1. The summed E-state index contributed by atoms with van der Waals surface area (Å²) in [5, 5.41) is 3.23. The monoisotopic (exact) mass is 378 g/mol. The minimum atomic E-state index is 0.0518. The van der Waals surface area contributed by atoms with E-state index in [-0.39, 0.29) is 17.9 Å². The number of fused-ring (bicyclic) bond motifs is 5. The van der Waals surface area contributed by atoms with E-state index in [0.717, 1.165) is 43.0 Å². The Hall–Kier alpha value is -2.47. The number of benzene rings is 1. The number of rotatable bonds is 3. The largest absolute Gasteiger partial charge is 0.354 e. The van der Waals surface area contributed by atoms with Gasteiger partial charge in [0.15, 0.2) is 0 Å². The predicted molar refractivity (Wildman–Crippen MR) is 108 cm³/mol. The molecule has 3 saturated heterocycles. The number of carbonyl (C=O) groups excluding carboxylic acids is 1. The van der Waals surface area contributed by atoms with Crippen molar-refractivity contribution in [2.24, 2.45) is 5.92 Å². The van der Waals surface area contributed by atoms with Gasteiger partial charge in [0.1, 0.15) is 5.82 Å². The number of amides is 1. The van der Waals surface area contributed by atoms with Gasteiger partial charge in [0, 0.05) is 29.9 Å². The van der Waals surface area contributed by atoms with Crippen molar-refractivity contribution < 1.29 is 4.79 Å². The lowest BCUT2D eigenvalue weighted by Crippen LogP contribution is -2.47. The normalized spacial score (nSPS) is 22.5. The van der Waals surface area contributed by atoms with Crippen LogP contribution in [0.3, 0.4) is 0 Å². The summed E-state index contributed by atoms with van der Waals surface area (Å²) >= 11 is 1.59. The molecule has 6 rings (SSSR count). The summed E-state index contributed by atoms with van der Waals surface area (Å²) in [5.74, 6) is 1.32. The van der Waals surface area contributed by atoms with Gasteiger partial charge in [-0.05, 0) is 37.5 Å². The quantitative estimate of drug-likeness (QED) is 0.698. The molecule has 2 aromatic heterocycles. The fourth-order valence-electron chi connectivity index (χ4n) is 4.42. The van der Waals surface area contributed by atoms with E-state index in [4.69, 9.17) is 4.98 Å². The summed E-state index contributed by atoms with van der Waals surface area (Å²) in [6, 6.07) is 10.7. The van der Waals surface area contributed by atoms with Crippen molar-refractivity contribution in [3.05, 3.63) is 52.5 Å². The maximum atomic E-state index is 13.0. The van der Waals surface area contributed by atoms with Gasteiger partial charge in [-0.2, -0.15) is 0 Å². The minimum absolute atomic E-state index is 0.0518. The van der Waals surface area contributed by atoms with Gasteiger partial charge in [-0.25, -0.2) is 9.97 Å². The van der Waals surface area contributed by atoms with Crippen LogP contribution in [0, 0.1) is 12.8 Å². The molecule has 3 fully saturated rings. The fraction of sp³-hybridized carbons (Fsp3) is 0.381. The molecule has 0 N–H and O–H groups in total. The smallest absolute Gasteiger partial charge is 0.228 e. The lowest BCUT2D eigenvalue weighted by molar-refractivity contribution is -0.140. The number of hydrogen-bond acceptors (Lipinski definition) is 5. The molecule has 1 amide bonds. The van der Waals surface area contributed by atoms with Gasteiger partial charge in [-0.1, -0.05) is 18.2 Å². The summed E-state index contributed by atoms with van der Waals surface area (Å²) < 4.78 is 0. The molecule has 0 spiro atoms. The average molecular weight is 379 g/mol. The van der Waals surface area contributed by atoms with Crippen molar-refractivity contribution in [3.63, 3.8) is 0 Å². The Balaban J connectivity index is 1.47. The van der Waals surface area contributed by atoms with Crippen molar-refractivity contribution in [1.82, 2.24) is 14.9 Å². The third kappa shape index (κ3) is 2.98. The van der Waals surface area contributed by atoms with Gasteiger partial charge < -0.3 is 9.80 Å². The number of aryl methyl sites for hydroxylation is 1. The zero-order chi connectivity index (χ0) is 18.4. The first-order valence-corrected chi connectivity index (χ1v) is 10.4. The minimum Gasteiger partial charge on any atom is -0.354 e. The molecule has 0 aliphatic carbocycles. The van der Waals surface area contributed by atoms with Crippen molar-refractivity contribution in [1.29, 1.82) is 0 Å². The van der Waals surface area contributed by atoms with E-state index in [1.54, 1.807) is 11.3 Å². The standard InChI is InChI=1S/C21H22N4OS/c1-14-8-20(23-19-5-3-2-4-18(14)19)24-9-15-6-7-17(11-24)25(21(15)26)10-16-12-27-13-22-16/h2-5,8,12-13,15,17H,6-7,9-11H2,1H3/t15-,17+/m0/s1. The van der Waals surface area contributed by atoms with Crippen LogP contribution < -0.4 is 4.90 Å². The molecular formula is C21H22N4OS. The molecule has 138 valence electrons. The third-order valence-corrected chi connectivity index (χ3v) is 6.48. The molecule has 0 unspecified atom stereocenters. The first kappa shape index (κ1) is 16.7. The summed E-state index contributed by atoms with van der Waals surface area (Å²) in [4.78, 5) is 26.7. The Morgan fingerprint density at radius 2 is 2.11 bits per heavy atom. The van der Waals surface area contributed by atoms with Gasteiger partial charge in [0.2, 0.25) is 5.91 Å². The van der Waals surface area contributed by atoms with E-state index in [2.05, 4.69) is 46.0 Å². The SMILES string of the molecule is Cc1cc(N2C[C@@H]3CC[C@H](C2)N(Cc2cscn2)C3=O)nc2ccccc12. The first-order valence-electron chi connectivity index (χ1n) is 9.48. The number of thiazole rings is 1. The van der Waals surface area contributed by atoms with Crippen LogP contribution in [0.5, 0.6) is 0 Å². The van der Waals surface area contributed by atoms with Gasteiger partial charge in [-0.15, -0.1) is 11.3 Å². The molecular weight excluding hydrogens is 356 g/mol. The fourth-order valence-corrected chi connectivity index (χ4v) is 4.97. The molecule has 27 heavy (non-hydrogen) atoms. The summed E-state index contributed by atoms with van der Waals surface area (Å²) in [6.07, 6.45) is 2.03. The lowest BCUT2D eigenvalue weighted by atomic mass is 9.94. The van der Waals surface area contributed by atoms with Gasteiger partial charge in [0.25, 0.3) is 0 Å². The summed E-state index contributed by atoms with van der Waals surface area (Å²) in [7, 11) is 0. The molecule has 2 atom stereocenters. The molecule has 6 heteroatoms. The molecule has 2 bridgehead atoms. The molecule has 5 nitrogen and oxygen atoms in total. The van der Waals surface area contributed by atoms with Crippen LogP contribution in [0.4, 0.5) is 5.82 Å². The Kier molecular flexibility index (Phi) is 4.08. The van der Waals surface area contributed by atoms with E-state index in [1.807, 2.05) is 17.0 Å². The van der Waals surface area contributed by atoms with Gasteiger partial charge >= 0.3 is 0 Å². The molecule has 5 heterocycles. The van der Waals surface area contributed by atoms with Crippen LogP contribution in [0.25, 0.3) is 10.9 Å². The van der Waals surface area contributed by atoms with Crippen LogP contribution in [-0.4, -0.2) is 39.9 Å². The van der Waals surface area contributed by atoms with Gasteiger partial charge in [0.05, 0.1) is 29.2 Å². The topological polar surface area (TPSA) is 49.3 Å². The van der Waals surface area contributed by atoms with Crippen LogP contribution >= 0.6 is 11.3 Å². The summed E-state index contributed by atoms with van der Waals surface area (Å²) in [5.41, 5.74) is 5.09. The molecule has 3 aromatic rings. The van der Waals surface area contributed by atoms with Crippen LogP contribution in [0.1, 0.15) is 24.1 Å². The molecule has 1 aromatic carbocycles. The average Bonchev–Trinajstić information content (AvgIpc) is 3.04. The number of hydrogen-bond donors (Lipinski definition) is 0. The van der Waals surface area contributed by atoms with E-state index in [9.17, 15) is 4.79 Å². The summed E-state index contributed by atoms with van der Waals surface area (Å²) in [6.45, 7) is 4.37. The third-order valence-electron chi connectivity index (χ3n) is 5.84. The number of aromatic nitrogens is 2. The van der Waals surface area contributed by atoms with Crippen molar-refractivity contribution >= 4 is 34.0 Å². The van der Waals surface area contributed by atoms with Crippen molar-refractivity contribution in [2.75, 3.05) is 18.0 Å². The number of piperidine rings is 1. The second-order valence-electron chi connectivity index (χ2n) is 7.59. The second kappa shape index (κ2) is 6.60. The van der Waals surface area contributed by atoms with Crippen molar-refractivity contribution in [2.45, 2.75) is 32.4 Å². The first-order chi connectivity index (χ1) is 13.2. The van der Waals surface area contributed by atoms with E-state index >= 15 is 0 Å². The zero-order valence-corrected chi connectivity index (χ0v) is 16.2. The molecule has 0 saturated carbocycles. The lowest BCUT2D eigenvalue weighted by Gasteiger charge is -2.35. The molecule has 3 aliphatic heterocycles. The Bertz CT molecular complexity index is 987. The maximum Gasteiger partial charge on any atom is 0.228 e. The maximum absolute atomic E-state index is 13.0. The Labute approximate surface area is 162 Å².